The number of nitrogens with zero attached hydrogens (tertiary/aromatic N) is 4. The molecule has 0 saturated heterocycles. The highest BCUT2D eigenvalue weighted by Gasteiger charge is 2.08. The molecule has 2 aromatic rings. The van der Waals surface area contributed by atoms with Crippen LogP contribution in [-0.4, -0.2) is 34.1 Å². The Hall–Kier alpha value is -2.24. The van der Waals surface area contributed by atoms with Crippen LogP contribution in [0.5, 0.6) is 6.01 Å². The van der Waals surface area contributed by atoms with Crippen molar-refractivity contribution in [2.45, 2.75) is 6.92 Å². The topological polar surface area (TPSA) is 72.8 Å². The van der Waals surface area contributed by atoms with Gasteiger partial charge in [0.2, 0.25) is 5.95 Å². The molecule has 6 nitrogen and oxygen atoms in total. The van der Waals surface area contributed by atoms with Crippen molar-refractivity contribution in [3.8, 4) is 17.4 Å². The number of methoxy groups -OCH3 is 1. The molecule has 1 N–H and O–H groups in total. The van der Waals surface area contributed by atoms with E-state index >= 15 is 0 Å². The van der Waals surface area contributed by atoms with Crippen LogP contribution in [0.25, 0.3) is 11.4 Å². The number of nitrogens with one attached hydrogen (secondary N) is 1. The van der Waals surface area contributed by atoms with E-state index in [1.54, 1.807) is 19.4 Å². The Morgan fingerprint density at radius 2 is 2.00 bits per heavy atom. The summed E-state index contributed by atoms with van der Waals surface area (Å²) in [6.07, 6.45) is 3.49. The maximum absolute atomic E-state index is 5.03. The molecule has 88 valence electrons. The molecule has 0 aliphatic carbocycles. The van der Waals surface area contributed by atoms with Crippen LogP contribution in [0.1, 0.15) is 5.56 Å². The second-order valence-electron chi connectivity index (χ2n) is 3.47. The molecular weight excluding hydrogens is 218 g/mol. The molecular formula is C11H13N5O. The van der Waals surface area contributed by atoms with Gasteiger partial charge in [0.15, 0.2) is 5.82 Å². The van der Waals surface area contributed by atoms with E-state index in [-0.39, 0.29) is 6.01 Å². The highest BCUT2D eigenvalue weighted by atomic mass is 16.5. The zero-order valence-corrected chi connectivity index (χ0v) is 9.93. The minimum atomic E-state index is 0.279. The van der Waals surface area contributed by atoms with E-state index in [1.807, 2.05) is 13.0 Å². The number of aryl methyl sites for hydroxylation is 1. The van der Waals surface area contributed by atoms with Gasteiger partial charge in [0.1, 0.15) is 0 Å². The molecule has 2 rings (SSSR count). The average Bonchev–Trinajstić information content (AvgIpc) is 2.38. The molecule has 0 aliphatic heterocycles. The van der Waals surface area contributed by atoms with Crippen molar-refractivity contribution in [1.82, 2.24) is 19.9 Å². The summed E-state index contributed by atoms with van der Waals surface area (Å²) in [6.45, 7) is 1.97. The highest BCUT2D eigenvalue weighted by molar-refractivity contribution is 5.55. The fourth-order valence-electron chi connectivity index (χ4n) is 1.37. The van der Waals surface area contributed by atoms with Crippen molar-refractivity contribution in [3.63, 3.8) is 0 Å². The highest BCUT2D eigenvalue weighted by Crippen LogP contribution is 2.18. The third kappa shape index (κ3) is 2.47. The molecule has 2 aromatic heterocycles. The third-order valence-corrected chi connectivity index (χ3v) is 2.15. The molecule has 6 heteroatoms. The van der Waals surface area contributed by atoms with Gasteiger partial charge in [-0.05, 0) is 18.6 Å². The molecule has 0 aliphatic rings. The summed E-state index contributed by atoms with van der Waals surface area (Å²) in [7, 11) is 3.26. The molecule has 0 fully saturated rings. The third-order valence-electron chi connectivity index (χ3n) is 2.15. The zero-order chi connectivity index (χ0) is 12.3. The van der Waals surface area contributed by atoms with Crippen LogP contribution < -0.4 is 10.1 Å². The number of hydrogen-bond acceptors (Lipinski definition) is 6. The molecule has 0 atom stereocenters. The van der Waals surface area contributed by atoms with Gasteiger partial charge in [-0.1, -0.05) is 0 Å². The summed E-state index contributed by atoms with van der Waals surface area (Å²) < 4.78 is 5.03. The zero-order valence-electron chi connectivity index (χ0n) is 9.93. The van der Waals surface area contributed by atoms with Gasteiger partial charge in [-0.25, -0.2) is 0 Å². The van der Waals surface area contributed by atoms with Gasteiger partial charge in [-0.3, -0.25) is 4.98 Å². The molecule has 0 bridgehead atoms. The fourth-order valence-corrected chi connectivity index (χ4v) is 1.37. The predicted octanol–water partition coefficient (Wildman–Crippen LogP) is 1.29. The lowest BCUT2D eigenvalue weighted by Crippen LogP contribution is -2.03. The van der Waals surface area contributed by atoms with Crippen LogP contribution >= 0.6 is 0 Å². The number of rotatable bonds is 3. The maximum atomic E-state index is 5.03. The first-order valence-corrected chi connectivity index (χ1v) is 5.13. The van der Waals surface area contributed by atoms with Gasteiger partial charge in [-0.15, -0.1) is 0 Å². The van der Waals surface area contributed by atoms with Crippen molar-refractivity contribution >= 4 is 5.95 Å². The lowest BCUT2D eigenvalue weighted by atomic mass is 10.2. The van der Waals surface area contributed by atoms with Crippen molar-refractivity contribution in [2.24, 2.45) is 0 Å². The Kier molecular flexibility index (Phi) is 3.13. The van der Waals surface area contributed by atoms with Crippen LogP contribution in [0.15, 0.2) is 18.5 Å². The Labute approximate surface area is 99.1 Å². The minimum absolute atomic E-state index is 0.279. The number of ether oxygens (including phenoxy) is 1. The van der Waals surface area contributed by atoms with Gasteiger partial charge in [0.05, 0.1) is 7.11 Å². The van der Waals surface area contributed by atoms with E-state index in [1.165, 1.54) is 7.11 Å². The standard InChI is InChI=1S/C11H13N5O/c1-7-4-8(6-13-5-7)9-14-10(12-2)16-11(15-9)17-3/h4-6H,1-3H3,(H,12,14,15,16). The second kappa shape index (κ2) is 4.73. The fraction of sp³-hybridized carbons (Fsp3) is 0.273. The minimum Gasteiger partial charge on any atom is -0.467 e. The van der Waals surface area contributed by atoms with Crippen LogP contribution in [0.3, 0.4) is 0 Å². The van der Waals surface area contributed by atoms with Crippen molar-refractivity contribution < 1.29 is 4.74 Å². The molecule has 0 unspecified atom stereocenters. The van der Waals surface area contributed by atoms with Crippen LogP contribution in [0.2, 0.25) is 0 Å². The molecule has 0 saturated carbocycles. The Morgan fingerprint density at radius 3 is 2.65 bits per heavy atom. The van der Waals surface area contributed by atoms with Crippen molar-refractivity contribution in [3.05, 3.63) is 24.0 Å². The molecule has 0 radical (unpaired) electrons. The number of anilines is 1. The van der Waals surface area contributed by atoms with Gasteiger partial charge in [0.25, 0.3) is 0 Å². The monoisotopic (exact) mass is 231 g/mol. The van der Waals surface area contributed by atoms with E-state index in [0.29, 0.717) is 11.8 Å². The Balaban J connectivity index is 2.50. The Bertz CT molecular complexity index is 507. The Morgan fingerprint density at radius 1 is 1.18 bits per heavy atom. The molecule has 0 spiro atoms. The largest absolute Gasteiger partial charge is 0.467 e. The van der Waals surface area contributed by atoms with E-state index in [2.05, 4.69) is 25.3 Å². The first-order valence-electron chi connectivity index (χ1n) is 5.13. The SMILES string of the molecule is CNc1nc(OC)nc(-c2cncc(C)c2)n1. The quantitative estimate of drug-likeness (QED) is 0.858. The van der Waals surface area contributed by atoms with Gasteiger partial charge < -0.3 is 10.1 Å². The lowest BCUT2D eigenvalue weighted by Gasteiger charge is -2.05. The predicted molar refractivity (Wildman–Crippen MR) is 63.9 cm³/mol. The smallest absolute Gasteiger partial charge is 0.321 e. The summed E-state index contributed by atoms with van der Waals surface area (Å²) in [6, 6.07) is 2.24. The number of pyridine rings is 1. The summed E-state index contributed by atoms with van der Waals surface area (Å²) in [5, 5.41) is 2.86. The van der Waals surface area contributed by atoms with E-state index in [9.17, 15) is 0 Å². The molecule has 17 heavy (non-hydrogen) atoms. The summed E-state index contributed by atoms with van der Waals surface area (Å²) in [4.78, 5) is 16.6. The van der Waals surface area contributed by atoms with E-state index in [0.717, 1.165) is 11.1 Å². The van der Waals surface area contributed by atoms with Gasteiger partial charge >= 0.3 is 6.01 Å². The van der Waals surface area contributed by atoms with Crippen molar-refractivity contribution in [2.75, 3.05) is 19.5 Å². The summed E-state index contributed by atoms with van der Waals surface area (Å²) in [5.74, 6) is 1.01. The maximum Gasteiger partial charge on any atom is 0.321 e. The normalized spacial score (nSPS) is 10.1. The van der Waals surface area contributed by atoms with Gasteiger partial charge in [0, 0.05) is 25.0 Å². The van der Waals surface area contributed by atoms with Crippen LogP contribution in [0, 0.1) is 6.92 Å². The van der Waals surface area contributed by atoms with Crippen LogP contribution in [-0.2, 0) is 0 Å². The average molecular weight is 231 g/mol. The number of hydrogen-bond donors (Lipinski definition) is 1. The molecule has 0 amide bonds. The molecule has 0 aromatic carbocycles. The summed E-state index contributed by atoms with van der Waals surface area (Å²) in [5.41, 5.74) is 1.88. The van der Waals surface area contributed by atoms with Crippen molar-refractivity contribution in [1.29, 1.82) is 0 Å². The first-order chi connectivity index (χ1) is 8.22. The molecule has 2 heterocycles. The second-order valence-corrected chi connectivity index (χ2v) is 3.47. The van der Waals surface area contributed by atoms with Crippen LogP contribution in [0.4, 0.5) is 5.95 Å². The first kappa shape index (κ1) is 11.3. The van der Waals surface area contributed by atoms with E-state index in [4.69, 9.17) is 4.74 Å². The summed E-state index contributed by atoms with van der Waals surface area (Å²) >= 11 is 0. The lowest BCUT2D eigenvalue weighted by molar-refractivity contribution is 0.379. The van der Waals surface area contributed by atoms with E-state index < -0.39 is 0 Å². The van der Waals surface area contributed by atoms with Gasteiger partial charge in [-0.2, -0.15) is 15.0 Å². The number of aromatic nitrogens is 4.